The van der Waals surface area contributed by atoms with Gasteiger partial charge in [-0.3, -0.25) is 14.9 Å². The third kappa shape index (κ3) is 3.26. The van der Waals surface area contributed by atoms with Crippen LogP contribution in [0.4, 0.5) is 5.69 Å². The van der Waals surface area contributed by atoms with E-state index in [1.54, 1.807) is 0 Å². The SMILES string of the molecule is O=C(NC1CCCC(O)C1)c1cccc([N+](=O)[O-])c1Cl. The first-order chi connectivity index (χ1) is 9.49. The highest BCUT2D eigenvalue weighted by molar-refractivity contribution is 6.35. The minimum Gasteiger partial charge on any atom is -0.393 e. The minimum atomic E-state index is -0.622. The molecule has 1 aliphatic rings. The van der Waals surface area contributed by atoms with Crippen LogP contribution in [0.5, 0.6) is 0 Å². The molecule has 1 amide bonds. The lowest BCUT2D eigenvalue weighted by Gasteiger charge is -2.26. The summed E-state index contributed by atoms with van der Waals surface area (Å²) in [4.78, 5) is 22.3. The van der Waals surface area contributed by atoms with Gasteiger partial charge in [0.05, 0.1) is 16.6 Å². The van der Waals surface area contributed by atoms with E-state index in [2.05, 4.69) is 5.32 Å². The largest absolute Gasteiger partial charge is 0.393 e. The number of hydrogen-bond donors (Lipinski definition) is 2. The molecule has 0 spiro atoms. The van der Waals surface area contributed by atoms with E-state index < -0.39 is 16.9 Å². The van der Waals surface area contributed by atoms with E-state index in [4.69, 9.17) is 11.6 Å². The van der Waals surface area contributed by atoms with E-state index in [9.17, 15) is 20.0 Å². The van der Waals surface area contributed by atoms with Crippen LogP contribution in [0.25, 0.3) is 0 Å². The van der Waals surface area contributed by atoms with Gasteiger partial charge in [-0.05, 0) is 31.7 Å². The Labute approximate surface area is 120 Å². The number of carbonyl (C=O) groups is 1. The van der Waals surface area contributed by atoms with Gasteiger partial charge in [-0.1, -0.05) is 17.7 Å². The molecular weight excluding hydrogens is 284 g/mol. The Morgan fingerprint density at radius 2 is 2.20 bits per heavy atom. The lowest BCUT2D eigenvalue weighted by molar-refractivity contribution is -0.384. The summed E-state index contributed by atoms with van der Waals surface area (Å²) in [6, 6.07) is 4.00. The summed E-state index contributed by atoms with van der Waals surface area (Å²) >= 11 is 5.89. The Morgan fingerprint density at radius 1 is 1.45 bits per heavy atom. The van der Waals surface area contributed by atoms with Gasteiger partial charge in [-0.25, -0.2) is 0 Å². The molecule has 1 aromatic carbocycles. The Bertz CT molecular complexity index is 535. The van der Waals surface area contributed by atoms with Gasteiger partial charge < -0.3 is 10.4 Å². The number of carbonyl (C=O) groups excluding carboxylic acids is 1. The molecule has 2 unspecified atom stereocenters. The first-order valence-electron chi connectivity index (χ1n) is 6.41. The van der Waals surface area contributed by atoms with Crippen LogP contribution >= 0.6 is 11.6 Å². The Hall–Kier alpha value is -1.66. The van der Waals surface area contributed by atoms with Crippen molar-refractivity contribution in [2.75, 3.05) is 0 Å². The molecule has 6 nitrogen and oxygen atoms in total. The van der Waals surface area contributed by atoms with Gasteiger partial charge >= 0.3 is 0 Å². The number of aliphatic hydroxyl groups excluding tert-OH is 1. The van der Waals surface area contributed by atoms with Gasteiger partial charge in [0.15, 0.2) is 0 Å². The van der Waals surface area contributed by atoms with E-state index in [1.165, 1.54) is 18.2 Å². The molecule has 0 bridgehead atoms. The van der Waals surface area contributed by atoms with Gasteiger partial charge in [0.1, 0.15) is 5.02 Å². The first-order valence-corrected chi connectivity index (χ1v) is 6.78. The Kier molecular flexibility index (Phi) is 4.57. The molecular formula is C13H15ClN2O4. The van der Waals surface area contributed by atoms with E-state index >= 15 is 0 Å². The molecule has 2 atom stereocenters. The predicted octanol–water partition coefficient (Wildman–Crippen LogP) is 2.28. The molecule has 0 aliphatic heterocycles. The van der Waals surface area contributed by atoms with Crippen LogP contribution in [0.15, 0.2) is 18.2 Å². The summed E-state index contributed by atoms with van der Waals surface area (Å²) in [5.41, 5.74) is -0.205. The second-order valence-electron chi connectivity index (χ2n) is 4.89. The van der Waals surface area contributed by atoms with E-state index in [0.717, 1.165) is 19.3 Å². The minimum absolute atomic E-state index is 0.0842. The highest BCUT2D eigenvalue weighted by atomic mass is 35.5. The Morgan fingerprint density at radius 3 is 2.85 bits per heavy atom. The van der Waals surface area contributed by atoms with Crippen molar-refractivity contribution in [1.82, 2.24) is 5.32 Å². The van der Waals surface area contributed by atoms with Crippen LogP contribution in [-0.2, 0) is 0 Å². The van der Waals surface area contributed by atoms with Crippen LogP contribution in [0.3, 0.4) is 0 Å². The zero-order valence-corrected chi connectivity index (χ0v) is 11.5. The van der Waals surface area contributed by atoms with Gasteiger partial charge in [0.25, 0.3) is 11.6 Å². The molecule has 108 valence electrons. The molecule has 0 saturated heterocycles. The first kappa shape index (κ1) is 14.7. The summed E-state index contributed by atoms with van der Waals surface area (Å²) in [6.07, 6.45) is 2.46. The van der Waals surface area contributed by atoms with Crippen molar-refractivity contribution in [1.29, 1.82) is 0 Å². The average molecular weight is 299 g/mol. The van der Waals surface area contributed by atoms with Crippen LogP contribution in [0, 0.1) is 10.1 Å². The van der Waals surface area contributed by atoms with Crippen molar-refractivity contribution in [3.8, 4) is 0 Å². The molecule has 1 aromatic rings. The fourth-order valence-corrected chi connectivity index (χ4v) is 2.68. The van der Waals surface area contributed by atoms with Gasteiger partial charge in [-0.2, -0.15) is 0 Å². The molecule has 1 saturated carbocycles. The van der Waals surface area contributed by atoms with Crippen LogP contribution in [0.2, 0.25) is 5.02 Å². The third-order valence-corrected chi connectivity index (χ3v) is 3.80. The number of benzene rings is 1. The fourth-order valence-electron chi connectivity index (χ4n) is 2.39. The van der Waals surface area contributed by atoms with Crippen LogP contribution < -0.4 is 5.32 Å². The van der Waals surface area contributed by atoms with Crippen LogP contribution in [0.1, 0.15) is 36.0 Å². The maximum absolute atomic E-state index is 12.1. The van der Waals surface area contributed by atoms with Crippen molar-refractivity contribution < 1.29 is 14.8 Å². The van der Waals surface area contributed by atoms with Crippen molar-refractivity contribution in [3.05, 3.63) is 38.9 Å². The number of nitro groups is 1. The molecule has 20 heavy (non-hydrogen) atoms. The number of halogens is 1. The van der Waals surface area contributed by atoms with Gasteiger partial charge in [-0.15, -0.1) is 0 Å². The molecule has 1 fully saturated rings. The number of aliphatic hydroxyl groups is 1. The maximum atomic E-state index is 12.1. The van der Waals surface area contributed by atoms with E-state index in [-0.39, 0.29) is 22.3 Å². The topological polar surface area (TPSA) is 92.5 Å². The summed E-state index contributed by atoms with van der Waals surface area (Å²) in [7, 11) is 0. The summed E-state index contributed by atoms with van der Waals surface area (Å²) in [5.74, 6) is -0.446. The summed E-state index contributed by atoms with van der Waals surface area (Å²) in [5, 5.41) is 23.0. The molecule has 2 rings (SSSR count). The van der Waals surface area contributed by atoms with E-state index in [0.29, 0.717) is 6.42 Å². The Balaban J connectivity index is 2.13. The molecule has 1 aliphatic carbocycles. The second kappa shape index (κ2) is 6.19. The monoisotopic (exact) mass is 298 g/mol. The number of rotatable bonds is 3. The normalized spacial score (nSPS) is 22.3. The second-order valence-corrected chi connectivity index (χ2v) is 5.26. The molecule has 7 heteroatoms. The van der Waals surface area contributed by atoms with Gasteiger partial charge in [0, 0.05) is 12.1 Å². The zero-order chi connectivity index (χ0) is 14.7. The molecule has 2 N–H and O–H groups in total. The smallest absolute Gasteiger partial charge is 0.288 e. The number of nitro benzene ring substituents is 1. The highest BCUT2D eigenvalue weighted by Gasteiger charge is 2.25. The third-order valence-electron chi connectivity index (χ3n) is 3.40. The van der Waals surface area contributed by atoms with E-state index in [1.807, 2.05) is 0 Å². The van der Waals surface area contributed by atoms with Crippen LogP contribution in [-0.4, -0.2) is 28.1 Å². The number of nitrogens with one attached hydrogen (secondary N) is 1. The summed E-state index contributed by atoms with van der Waals surface area (Å²) in [6.45, 7) is 0. The number of hydrogen-bond acceptors (Lipinski definition) is 4. The number of nitrogens with zero attached hydrogens (tertiary/aromatic N) is 1. The molecule has 0 heterocycles. The zero-order valence-electron chi connectivity index (χ0n) is 10.7. The highest BCUT2D eigenvalue weighted by Crippen LogP contribution is 2.28. The summed E-state index contributed by atoms with van der Waals surface area (Å²) < 4.78 is 0. The quantitative estimate of drug-likeness (QED) is 0.661. The molecule has 0 radical (unpaired) electrons. The van der Waals surface area contributed by atoms with Crippen molar-refractivity contribution in [2.45, 2.75) is 37.8 Å². The molecule has 0 aromatic heterocycles. The predicted molar refractivity (Wildman–Crippen MR) is 73.8 cm³/mol. The number of amides is 1. The lowest BCUT2D eigenvalue weighted by Crippen LogP contribution is -2.39. The van der Waals surface area contributed by atoms with Crippen molar-refractivity contribution in [3.63, 3.8) is 0 Å². The average Bonchev–Trinajstić information content (AvgIpc) is 2.38. The van der Waals surface area contributed by atoms with Crippen molar-refractivity contribution in [2.24, 2.45) is 0 Å². The standard InChI is InChI=1S/C13H15ClN2O4/c14-12-10(5-2-6-11(12)16(19)20)13(18)15-8-3-1-4-9(17)7-8/h2,5-6,8-9,17H,1,3-4,7H2,(H,15,18). The maximum Gasteiger partial charge on any atom is 0.288 e. The van der Waals surface area contributed by atoms with Crippen molar-refractivity contribution >= 4 is 23.2 Å². The fraction of sp³-hybridized carbons (Fsp3) is 0.462. The van der Waals surface area contributed by atoms with Gasteiger partial charge in [0.2, 0.25) is 0 Å². The lowest BCUT2D eigenvalue weighted by atomic mass is 9.93.